The number of hydrogen-bond acceptors (Lipinski definition) is 2. The van der Waals surface area contributed by atoms with Crippen molar-refractivity contribution in [2.24, 2.45) is 5.92 Å². The average molecular weight is 206 g/mol. The zero-order chi connectivity index (χ0) is 10.5. The van der Waals surface area contributed by atoms with Crippen LogP contribution < -0.4 is 0 Å². The molecule has 2 rings (SSSR count). The van der Waals surface area contributed by atoms with E-state index in [1.54, 1.807) is 0 Å². The van der Waals surface area contributed by atoms with Crippen molar-refractivity contribution in [2.45, 2.75) is 32.0 Å². The third-order valence-corrected chi connectivity index (χ3v) is 2.99. The Balaban J connectivity index is 1.56. The lowest BCUT2D eigenvalue weighted by Gasteiger charge is -2.31. The van der Waals surface area contributed by atoms with Gasteiger partial charge in [0, 0.05) is 6.61 Å². The summed E-state index contributed by atoms with van der Waals surface area (Å²) in [6, 6.07) is 10.2. The van der Waals surface area contributed by atoms with E-state index < -0.39 is 0 Å². The molecule has 1 aromatic rings. The van der Waals surface area contributed by atoms with Crippen molar-refractivity contribution >= 4 is 0 Å². The second-order valence-corrected chi connectivity index (χ2v) is 4.32. The van der Waals surface area contributed by atoms with Gasteiger partial charge in [0.1, 0.15) is 0 Å². The molecule has 82 valence electrons. The second kappa shape index (κ2) is 5.29. The summed E-state index contributed by atoms with van der Waals surface area (Å²) in [5.41, 5.74) is 1.23. The van der Waals surface area contributed by atoms with Crippen LogP contribution in [-0.4, -0.2) is 17.8 Å². The quantitative estimate of drug-likeness (QED) is 0.749. The van der Waals surface area contributed by atoms with Gasteiger partial charge in [-0.05, 0) is 30.7 Å². The summed E-state index contributed by atoms with van der Waals surface area (Å²) in [6.45, 7) is 1.52. The van der Waals surface area contributed by atoms with E-state index >= 15 is 0 Å². The molecule has 1 fully saturated rings. The zero-order valence-electron chi connectivity index (χ0n) is 8.93. The normalized spacial score (nSPS) is 24.9. The monoisotopic (exact) mass is 206 g/mol. The lowest BCUT2D eigenvalue weighted by atomic mass is 9.80. The van der Waals surface area contributed by atoms with Crippen molar-refractivity contribution in [1.29, 1.82) is 0 Å². The highest BCUT2D eigenvalue weighted by atomic mass is 16.5. The molecule has 1 aromatic carbocycles. The molecule has 0 unspecified atom stereocenters. The molecule has 1 aliphatic carbocycles. The van der Waals surface area contributed by atoms with Gasteiger partial charge in [-0.2, -0.15) is 0 Å². The maximum absolute atomic E-state index is 9.11. The predicted molar refractivity (Wildman–Crippen MR) is 59.4 cm³/mol. The Hall–Kier alpha value is -0.860. The van der Waals surface area contributed by atoms with Crippen LogP contribution in [0.15, 0.2) is 30.3 Å². The SMILES string of the molecule is OC1CC(CCOCc2ccccc2)C1. The highest BCUT2D eigenvalue weighted by molar-refractivity contribution is 5.13. The summed E-state index contributed by atoms with van der Waals surface area (Å²) >= 11 is 0. The minimum Gasteiger partial charge on any atom is -0.393 e. The van der Waals surface area contributed by atoms with Crippen LogP contribution in [-0.2, 0) is 11.3 Å². The van der Waals surface area contributed by atoms with Crippen LogP contribution in [0.1, 0.15) is 24.8 Å². The largest absolute Gasteiger partial charge is 0.393 e. The summed E-state index contributed by atoms with van der Waals surface area (Å²) in [5.74, 6) is 0.691. The van der Waals surface area contributed by atoms with Gasteiger partial charge < -0.3 is 9.84 Å². The van der Waals surface area contributed by atoms with Crippen LogP contribution in [0.2, 0.25) is 0 Å². The molecular formula is C13H18O2. The molecule has 0 bridgehead atoms. The lowest BCUT2D eigenvalue weighted by molar-refractivity contribution is 0.0186. The van der Waals surface area contributed by atoms with Gasteiger partial charge in [-0.15, -0.1) is 0 Å². The maximum atomic E-state index is 9.11. The Labute approximate surface area is 90.9 Å². The summed E-state index contributed by atoms with van der Waals surface area (Å²) in [6.07, 6.45) is 2.98. The number of hydrogen-bond donors (Lipinski definition) is 1. The van der Waals surface area contributed by atoms with Gasteiger partial charge in [-0.1, -0.05) is 30.3 Å². The number of aliphatic hydroxyl groups is 1. The Morgan fingerprint density at radius 2 is 1.93 bits per heavy atom. The molecule has 1 aliphatic rings. The minimum atomic E-state index is -0.0378. The van der Waals surface area contributed by atoms with E-state index in [0.717, 1.165) is 25.9 Å². The minimum absolute atomic E-state index is 0.0378. The fraction of sp³-hybridized carbons (Fsp3) is 0.538. The third kappa shape index (κ3) is 3.33. The van der Waals surface area contributed by atoms with Crippen LogP contribution in [0.3, 0.4) is 0 Å². The Bertz CT molecular complexity index is 278. The standard InChI is InChI=1S/C13H18O2/c14-13-8-12(9-13)6-7-15-10-11-4-2-1-3-5-11/h1-5,12-14H,6-10H2. The lowest BCUT2D eigenvalue weighted by Crippen LogP contribution is -2.29. The molecule has 2 nitrogen and oxygen atoms in total. The van der Waals surface area contributed by atoms with Crippen LogP contribution in [0.4, 0.5) is 0 Å². The predicted octanol–water partition coefficient (Wildman–Crippen LogP) is 2.36. The van der Waals surface area contributed by atoms with E-state index in [0.29, 0.717) is 12.5 Å². The Morgan fingerprint density at radius 3 is 2.60 bits per heavy atom. The smallest absolute Gasteiger partial charge is 0.0716 e. The van der Waals surface area contributed by atoms with Gasteiger partial charge in [0.2, 0.25) is 0 Å². The maximum Gasteiger partial charge on any atom is 0.0716 e. The van der Waals surface area contributed by atoms with Crippen LogP contribution in [0.5, 0.6) is 0 Å². The summed E-state index contributed by atoms with van der Waals surface area (Å²) < 4.78 is 5.58. The van der Waals surface area contributed by atoms with Gasteiger partial charge in [0.25, 0.3) is 0 Å². The number of rotatable bonds is 5. The molecule has 15 heavy (non-hydrogen) atoms. The van der Waals surface area contributed by atoms with Gasteiger partial charge in [0.15, 0.2) is 0 Å². The molecule has 2 heteroatoms. The van der Waals surface area contributed by atoms with Crippen LogP contribution in [0, 0.1) is 5.92 Å². The van der Waals surface area contributed by atoms with E-state index in [1.807, 2.05) is 18.2 Å². The highest BCUT2D eigenvalue weighted by Crippen LogP contribution is 2.29. The molecule has 0 amide bonds. The molecule has 0 aliphatic heterocycles. The average Bonchev–Trinajstić information content (AvgIpc) is 2.23. The number of aliphatic hydroxyl groups excluding tert-OH is 1. The Kier molecular flexibility index (Phi) is 3.75. The van der Waals surface area contributed by atoms with Crippen molar-refractivity contribution < 1.29 is 9.84 Å². The molecule has 1 N–H and O–H groups in total. The molecule has 0 aromatic heterocycles. The molecule has 0 spiro atoms. The van der Waals surface area contributed by atoms with E-state index in [2.05, 4.69) is 12.1 Å². The van der Waals surface area contributed by atoms with Crippen LogP contribution >= 0.6 is 0 Å². The van der Waals surface area contributed by atoms with E-state index in [9.17, 15) is 0 Å². The summed E-state index contributed by atoms with van der Waals surface area (Å²) in [7, 11) is 0. The third-order valence-electron chi connectivity index (χ3n) is 2.99. The molecule has 0 saturated heterocycles. The Morgan fingerprint density at radius 1 is 1.20 bits per heavy atom. The fourth-order valence-electron chi connectivity index (χ4n) is 1.95. The zero-order valence-corrected chi connectivity index (χ0v) is 8.93. The molecule has 0 atom stereocenters. The summed E-state index contributed by atoms with van der Waals surface area (Å²) in [4.78, 5) is 0. The van der Waals surface area contributed by atoms with Gasteiger partial charge in [-0.25, -0.2) is 0 Å². The van der Waals surface area contributed by atoms with Crippen molar-refractivity contribution in [3.8, 4) is 0 Å². The first-order valence-corrected chi connectivity index (χ1v) is 5.64. The fourth-order valence-corrected chi connectivity index (χ4v) is 1.95. The topological polar surface area (TPSA) is 29.5 Å². The number of benzene rings is 1. The first-order valence-electron chi connectivity index (χ1n) is 5.64. The van der Waals surface area contributed by atoms with Crippen molar-refractivity contribution in [2.75, 3.05) is 6.61 Å². The van der Waals surface area contributed by atoms with Crippen molar-refractivity contribution in [1.82, 2.24) is 0 Å². The molecule has 0 heterocycles. The van der Waals surface area contributed by atoms with Crippen LogP contribution in [0.25, 0.3) is 0 Å². The first-order chi connectivity index (χ1) is 7.34. The second-order valence-electron chi connectivity index (χ2n) is 4.32. The van der Waals surface area contributed by atoms with Gasteiger partial charge >= 0.3 is 0 Å². The first kappa shape index (κ1) is 10.7. The van der Waals surface area contributed by atoms with Crippen molar-refractivity contribution in [3.63, 3.8) is 0 Å². The van der Waals surface area contributed by atoms with E-state index in [1.165, 1.54) is 5.56 Å². The summed E-state index contributed by atoms with van der Waals surface area (Å²) in [5, 5.41) is 9.11. The molecular weight excluding hydrogens is 188 g/mol. The molecule has 1 saturated carbocycles. The van der Waals surface area contributed by atoms with E-state index in [-0.39, 0.29) is 6.10 Å². The highest BCUT2D eigenvalue weighted by Gasteiger charge is 2.26. The van der Waals surface area contributed by atoms with E-state index in [4.69, 9.17) is 9.84 Å². The molecule has 0 radical (unpaired) electrons. The van der Waals surface area contributed by atoms with Gasteiger partial charge in [0.05, 0.1) is 12.7 Å². The van der Waals surface area contributed by atoms with Gasteiger partial charge in [-0.3, -0.25) is 0 Å². The van der Waals surface area contributed by atoms with Crippen molar-refractivity contribution in [3.05, 3.63) is 35.9 Å². The number of ether oxygens (including phenoxy) is 1.